The molecule has 5 heteroatoms. The van der Waals surface area contributed by atoms with E-state index in [1.54, 1.807) is 11.3 Å². The summed E-state index contributed by atoms with van der Waals surface area (Å²) in [5.41, 5.74) is 1.17. The molecule has 0 aliphatic rings. The van der Waals surface area contributed by atoms with E-state index in [0.717, 1.165) is 20.5 Å². The zero-order valence-corrected chi connectivity index (χ0v) is 13.3. The van der Waals surface area contributed by atoms with Crippen molar-refractivity contribution >= 4 is 49.1 Å². The van der Waals surface area contributed by atoms with Gasteiger partial charge in [-0.15, -0.1) is 11.3 Å². The van der Waals surface area contributed by atoms with E-state index >= 15 is 0 Å². The maximum absolute atomic E-state index is 6.22. The lowest BCUT2D eigenvalue weighted by Gasteiger charge is -2.02. The Morgan fingerprint density at radius 3 is 2.68 bits per heavy atom. The fourth-order valence-corrected chi connectivity index (χ4v) is 3.37. The quantitative estimate of drug-likeness (QED) is 0.605. The number of halogens is 2. The average molecular weight is 354 g/mol. The molecule has 0 saturated carbocycles. The van der Waals surface area contributed by atoms with Crippen LogP contribution in [0.15, 0.2) is 34.8 Å². The van der Waals surface area contributed by atoms with Crippen LogP contribution < -0.4 is 0 Å². The van der Waals surface area contributed by atoms with Crippen molar-refractivity contribution in [2.75, 3.05) is 0 Å². The first-order valence-electron chi connectivity index (χ1n) is 5.79. The van der Waals surface area contributed by atoms with Gasteiger partial charge >= 0.3 is 0 Å². The van der Waals surface area contributed by atoms with E-state index in [2.05, 4.69) is 45.0 Å². The Labute approximate surface area is 128 Å². The molecule has 19 heavy (non-hydrogen) atoms. The summed E-state index contributed by atoms with van der Waals surface area (Å²) < 4.78 is 1.07. The molecule has 2 heterocycles. The number of aromatic nitrogens is 2. The van der Waals surface area contributed by atoms with Gasteiger partial charge in [0.25, 0.3) is 0 Å². The average Bonchev–Trinajstić information content (AvgIpc) is 2.73. The number of fused-ring (bicyclic) bond motifs is 1. The Bertz CT molecular complexity index is 737. The maximum atomic E-state index is 6.22. The monoisotopic (exact) mass is 352 g/mol. The smallest absolute Gasteiger partial charge is 0.141 e. The highest BCUT2D eigenvalue weighted by Gasteiger charge is 2.09. The molecule has 0 aliphatic heterocycles. The summed E-state index contributed by atoms with van der Waals surface area (Å²) in [5.74, 6) is 0.765. The summed E-state index contributed by atoms with van der Waals surface area (Å²) in [7, 11) is 0. The molecule has 0 amide bonds. The van der Waals surface area contributed by atoms with Crippen molar-refractivity contribution in [3.05, 3.63) is 56.2 Å². The molecule has 0 spiro atoms. The number of thiophene rings is 1. The molecule has 0 unspecified atom stereocenters. The number of hydrogen-bond donors (Lipinski definition) is 0. The third-order valence-corrected chi connectivity index (χ3v) is 4.55. The van der Waals surface area contributed by atoms with Crippen LogP contribution in [-0.2, 0) is 6.42 Å². The highest BCUT2D eigenvalue weighted by Crippen LogP contribution is 2.28. The second kappa shape index (κ2) is 5.19. The Morgan fingerprint density at radius 2 is 1.95 bits per heavy atom. The molecule has 3 aromatic rings. The zero-order valence-electron chi connectivity index (χ0n) is 10.2. The van der Waals surface area contributed by atoms with Crippen molar-refractivity contribution in [3.8, 4) is 0 Å². The van der Waals surface area contributed by atoms with Gasteiger partial charge < -0.3 is 0 Å². The van der Waals surface area contributed by atoms with Gasteiger partial charge in [0.2, 0.25) is 0 Å². The first-order valence-corrected chi connectivity index (χ1v) is 7.77. The fraction of sp³-hybridized carbons (Fsp3) is 0.143. The predicted molar refractivity (Wildman–Crippen MR) is 84.1 cm³/mol. The second-order valence-electron chi connectivity index (χ2n) is 4.31. The minimum absolute atomic E-state index is 0.543. The Morgan fingerprint density at radius 1 is 1.21 bits per heavy atom. The third kappa shape index (κ3) is 2.81. The Hall–Kier alpha value is -0.970. The van der Waals surface area contributed by atoms with Gasteiger partial charge in [-0.1, -0.05) is 39.7 Å². The standard InChI is InChI=1S/C14H10BrClN2S/c1-8-6-11-13(16)17-12(18-14(11)19-8)7-9-2-4-10(15)5-3-9/h2-6H,7H2,1H3. The topological polar surface area (TPSA) is 25.8 Å². The van der Waals surface area contributed by atoms with Gasteiger partial charge in [0, 0.05) is 21.2 Å². The van der Waals surface area contributed by atoms with Crippen LogP contribution in [-0.4, -0.2) is 9.97 Å². The molecule has 0 aliphatic carbocycles. The van der Waals surface area contributed by atoms with E-state index in [-0.39, 0.29) is 0 Å². The van der Waals surface area contributed by atoms with Gasteiger partial charge in [-0.25, -0.2) is 9.97 Å². The Kier molecular flexibility index (Phi) is 3.56. The highest BCUT2D eigenvalue weighted by molar-refractivity contribution is 9.10. The van der Waals surface area contributed by atoms with E-state index in [0.29, 0.717) is 11.6 Å². The van der Waals surface area contributed by atoms with E-state index < -0.39 is 0 Å². The predicted octanol–water partition coefficient (Wildman–Crippen LogP) is 5.01. The highest BCUT2D eigenvalue weighted by atomic mass is 79.9. The van der Waals surface area contributed by atoms with Gasteiger partial charge in [-0.05, 0) is 30.7 Å². The first-order chi connectivity index (χ1) is 9.11. The van der Waals surface area contributed by atoms with Crippen molar-refractivity contribution < 1.29 is 0 Å². The van der Waals surface area contributed by atoms with E-state index in [1.165, 1.54) is 10.4 Å². The molecule has 0 saturated heterocycles. The first kappa shape index (κ1) is 13.0. The zero-order chi connectivity index (χ0) is 13.4. The largest absolute Gasteiger partial charge is 0.222 e. The van der Waals surface area contributed by atoms with Crippen LogP contribution in [0, 0.1) is 6.92 Å². The summed E-state index contributed by atoms with van der Waals surface area (Å²) in [6.45, 7) is 2.05. The van der Waals surface area contributed by atoms with Crippen molar-refractivity contribution in [3.63, 3.8) is 0 Å². The lowest BCUT2D eigenvalue weighted by Crippen LogP contribution is -1.96. The number of rotatable bonds is 2. The fourth-order valence-electron chi connectivity index (χ4n) is 1.91. The summed E-state index contributed by atoms with van der Waals surface area (Å²) in [6.07, 6.45) is 0.694. The van der Waals surface area contributed by atoms with Crippen LogP contribution in [0.2, 0.25) is 5.15 Å². The summed E-state index contributed by atoms with van der Waals surface area (Å²) in [5, 5.41) is 1.49. The van der Waals surface area contributed by atoms with Crippen LogP contribution >= 0.6 is 38.9 Å². The van der Waals surface area contributed by atoms with Crippen LogP contribution in [0.25, 0.3) is 10.2 Å². The van der Waals surface area contributed by atoms with Crippen molar-refractivity contribution in [1.82, 2.24) is 9.97 Å². The Balaban J connectivity index is 1.98. The lowest BCUT2D eigenvalue weighted by molar-refractivity contribution is 0.997. The molecular formula is C14H10BrClN2S. The van der Waals surface area contributed by atoms with Gasteiger partial charge in [0.15, 0.2) is 0 Å². The van der Waals surface area contributed by atoms with Gasteiger partial charge in [-0.3, -0.25) is 0 Å². The van der Waals surface area contributed by atoms with Crippen LogP contribution in [0.5, 0.6) is 0 Å². The van der Waals surface area contributed by atoms with Gasteiger partial charge in [0.05, 0.1) is 0 Å². The van der Waals surface area contributed by atoms with Crippen LogP contribution in [0.1, 0.15) is 16.3 Å². The number of nitrogens with zero attached hydrogens (tertiary/aromatic N) is 2. The summed E-state index contributed by atoms with van der Waals surface area (Å²) in [6, 6.07) is 10.2. The molecular weight excluding hydrogens is 344 g/mol. The maximum Gasteiger partial charge on any atom is 0.141 e. The minimum atomic E-state index is 0.543. The van der Waals surface area contributed by atoms with Crippen LogP contribution in [0.3, 0.4) is 0 Å². The molecule has 1 aromatic carbocycles. The number of benzene rings is 1. The number of hydrogen-bond acceptors (Lipinski definition) is 3. The summed E-state index contributed by atoms with van der Waals surface area (Å²) in [4.78, 5) is 11.1. The molecule has 0 fully saturated rings. The molecule has 0 bridgehead atoms. The lowest BCUT2D eigenvalue weighted by atomic mass is 10.1. The molecule has 3 rings (SSSR count). The van der Waals surface area contributed by atoms with Gasteiger partial charge in [-0.2, -0.15) is 0 Å². The van der Waals surface area contributed by atoms with Gasteiger partial charge in [0.1, 0.15) is 15.8 Å². The molecule has 2 nitrogen and oxygen atoms in total. The molecule has 2 aromatic heterocycles. The van der Waals surface area contributed by atoms with Crippen molar-refractivity contribution in [2.24, 2.45) is 0 Å². The molecule has 0 N–H and O–H groups in total. The molecule has 0 atom stereocenters. The van der Waals surface area contributed by atoms with Crippen LogP contribution in [0.4, 0.5) is 0 Å². The molecule has 96 valence electrons. The summed E-state index contributed by atoms with van der Waals surface area (Å²) >= 11 is 11.3. The van der Waals surface area contributed by atoms with Crippen molar-refractivity contribution in [2.45, 2.75) is 13.3 Å². The van der Waals surface area contributed by atoms with Crippen molar-refractivity contribution in [1.29, 1.82) is 0 Å². The van der Waals surface area contributed by atoms with E-state index in [9.17, 15) is 0 Å². The number of aryl methyl sites for hydroxylation is 1. The third-order valence-electron chi connectivity index (χ3n) is 2.79. The van der Waals surface area contributed by atoms with E-state index in [4.69, 9.17) is 11.6 Å². The SMILES string of the molecule is Cc1cc2c(Cl)nc(Cc3ccc(Br)cc3)nc2s1. The second-order valence-corrected chi connectivity index (χ2v) is 6.82. The minimum Gasteiger partial charge on any atom is -0.222 e. The van der Waals surface area contributed by atoms with E-state index in [1.807, 2.05) is 18.2 Å². The normalized spacial score (nSPS) is 11.1. The molecule has 0 radical (unpaired) electrons.